The van der Waals surface area contributed by atoms with Gasteiger partial charge in [-0.05, 0) is 38.8 Å². The number of carbonyl (C=O) groups excluding carboxylic acids is 1. The van der Waals surface area contributed by atoms with Crippen LogP contribution in [0.1, 0.15) is 55.1 Å². The molecule has 2 fully saturated rings. The average molecular weight is 279 g/mol. The molecular formula is C13H21N5O2. The SMILES string of the molecule is O=C(NOC1CCCC1)c1cn(C2CCNCC2)nn1. The molecule has 0 bridgehead atoms. The largest absolute Gasteiger partial charge is 0.317 e. The van der Waals surface area contributed by atoms with Crippen molar-refractivity contribution >= 4 is 5.91 Å². The van der Waals surface area contributed by atoms with Crippen LogP contribution >= 0.6 is 0 Å². The van der Waals surface area contributed by atoms with Crippen molar-refractivity contribution in [2.75, 3.05) is 13.1 Å². The van der Waals surface area contributed by atoms with Gasteiger partial charge in [-0.3, -0.25) is 9.63 Å². The lowest BCUT2D eigenvalue weighted by molar-refractivity contribution is -0.0127. The fraction of sp³-hybridized carbons (Fsp3) is 0.769. The number of hydroxylamine groups is 1. The predicted octanol–water partition coefficient (Wildman–Crippen LogP) is 0.807. The van der Waals surface area contributed by atoms with Gasteiger partial charge in [-0.2, -0.15) is 0 Å². The molecule has 2 aliphatic rings. The number of rotatable bonds is 4. The summed E-state index contributed by atoms with van der Waals surface area (Å²) in [5, 5.41) is 11.3. The Morgan fingerprint density at radius 3 is 2.80 bits per heavy atom. The zero-order chi connectivity index (χ0) is 13.8. The zero-order valence-electron chi connectivity index (χ0n) is 11.5. The van der Waals surface area contributed by atoms with Crippen molar-refractivity contribution in [1.29, 1.82) is 0 Å². The summed E-state index contributed by atoms with van der Waals surface area (Å²) in [6, 6.07) is 0.334. The maximum atomic E-state index is 11.9. The molecule has 0 radical (unpaired) electrons. The maximum Gasteiger partial charge on any atom is 0.297 e. The van der Waals surface area contributed by atoms with Gasteiger partial charge in [-0.1, -0.05) is 18.1 Å². The smallest absolute Gasteiger partial charge is 0.297 e. The third-order valence-corrected chi connectivity index (χ3v) is 4.05. The number of hydrogen-bond acceptors (Lipinski definition) is 5. The van der Waals surface area contributed by atoms with E-state index in [-0.39, 0.29) is 12.0 Å². The summed E-state index contributed by atoms with van der Waals surface area (Å²) in [6.45, 7) is 1.97. The normalized spacial score (nSPS) is 21.2. The molecule has 0 atom stereocenters. The summed E-state index contributed by atoms with van der Waals surface area (Å²) in [5.41, 5.74) is 2.81. The van der Waals surface area contributed by atoms with Crippen molar-refractivity contribution in [1.82, 2.24) is 25.8 Å². The van der Waals surface area contributed by atoms with Crippen LogP contribution in [0.3, 0.4) is 0 Å². The fourth-order valence-corrected chi connectivity index (χ4v) is 2.83. The third kappa shape index (κ3) is 3.16. The molecule has 1 saturated carbocycles. The molecule has 3 rings (SSSR count). The molecule has 2 N–H and O–H groups in total. The van der Waals surface area contributed by atoms with Crippen molar-refractivity contribution < 1.29 is 9.63 Å². The molecule has 1 aliphatic heterocycles. The summed E-state index contributed by atoms with van der Waals surface area (Å²) >= 11 is 0. The minimum absolute atomic E-state index is 0.151. The Bertz CT molecular complexity index is 449. The van der Waals surface area contributed by atoms with Gasteiger partial charge in [0.1, 0.15) is 0 Å². The van der Waals surface area contributed by atoms with Gasteiger partial charge in [0, 0.05) is 0 Å². The first kappa shape index (κ1) is 13.5. The lowest BCUT2D eigenvalue weighted by Crippen LogP contribution is -2.30. The van der Waals surface area contributed by atoms with Gasteiger partial charge in [0.05, 0.1) is 18.3 Å². The monoisotopic (exact) mass is 279 g/mol. The first-order valence-electron chi connectivity index (χ1n) is 7.41. The Kier molecular flexibility index (Phi) is 4.27. The second-order valence-corrected chi connectivity index (χ2v) is 5.52. The van der Waals surface area contributed by atoms with Crippen LogP contribution in [0, 0.1) is 0 Å². The van der Waals surface area contributed by atoms with E-state index in [0.29, 0.717) is 11.7 Å². The molecule has 0 aromatic carbocycles. The summed E-state index contributed by atoms with van der Waals surface area (Å²) < 4.78 is 1.80. The lowest BCUT2D eigenvalue weighted by atomic mass is 10.1. The Labute approximate surface area is 118 Å². The molecule has 1 aliphatic carbocycles. The van der Waals surface area contributed by atoms with E-state index in [0.717, 1.165) is 38.8 Å². The highest BCUT2D eigenvalue weighted by atomic mass is 16.7. The van der Waals surface area contributed by atoms with Crippen LogP contribution < -0.4 is 10.8 Å². The Hall–Kier alpha value is -1.47. The predicted molar refractivity (Wildman–Crippen MR) is 72.0 cm³/mol. The van der Waals surface area contributed by atoms with Gasteiger partial charge in [0.2, 0.25) is 0 Å². The highest BCUT2D eigenvalue weighted by molar-refractivity contribution is 5.91. The van der Waals surface area contributed by atoms with Crippen molar-refractivity contribution in [2.24, 2.45) is 0 Å². The van der Waals surface area contributed by atoms with Crippen LogP contribution in [0.4, 0.5) is 0 Å². The van der Waals surface area contributed by atoms with Crippen LogP contribution in [0.5, 0.6) is 0 Å². The third-order valence-electron chi connectivity index (χ3n) is 4.05. The Morgan fingerprint density at radius 1 is 1.30 bits per heavy atom. The zero-order valence-corrected chi connectivity index (χ0v) is 11.5. The molecule has 1 aromatic rings. The summed E-state index contributed by atoms with van der Waals surface area (Å²) in [4.78, 5) is 17.3. The number of piperidine rings is 1. The van der Waals surface area contributed by atoms with E-state index >= 15 is 0 Å². The summed E-state index contributed by atoms with van der Waals surface area (Å²) in [7, 11) is 0. The van der Waals surface area contributed by atoms with Crippen molar-refractivity contribution in [3.8, 4) is 0 Å². The number of hydrogen-bond donors (Lipinski definition) is 2. The Balaban J connectivity index is 1.53. The second-order valence-electron chi connectivity index (χ2n) is 5.52. The van der Waals surface area contributed by atoms with E-state index in [9.17, 15) is 4.79 Å². The molecule has 110 valence electrons. The van der Waals surface area contributed by atoms with E-state index in [1.54, 1.807) is 10.9 Å². The molecule has 7 nitrogen and oxygen atoms in total. The van der Waals surface area contributed by atoms with Crippen molar-refractivity contribution in [2.45, 2.75) is 50.7 Å². The standard InChI is InChI=1S/C13H21N5O2/c19-13(16-20-11-3-1-2-4-11)12-9-18(17-15-12)10-5-7-14-8-6-10/h9-11,14H,1-8H2,(H,16,19). The summed E-state index contributed by atoms with van der Waals surface area (Å²) in [6.07, 6.45) is 8.27. The van der Waals surface area contributed by atoms with Crippen LogP contribution in [0.2, 0.25) is 0 Å². The molecule has 1 saturated heterocycles. The maximum absolute atomic E-state index is 11.9. The quantitative estimate of drug-likeness (QED) is 0.797. The molecule has 20 heavy (non-hydrogen) atoms. The Morgan fingerprint density at radius 2 is 2.05 bits per heavy atom. The average Bonchev–Trinajstić information content (AvgIpc) is 3.17. The molecule has 0 spiro atoms. The van der Waals surface area contributed by atoms with Crippen LogP contribution in [-0.4, -0.2) is 40.1 Å². The van der Waals surface area contributed by atoms with E-state index < -0.39 is 0 Å². The highest BCUT2D eigenvalue weighted by Gasteiger charge is 2.20. The molecule has 1 amide bonds. The molecule has 1 aromatic heterocycles. The van der Waals surface area contributed by atoms with Gasteiger partial charge < -0.3 is 5.32 Å². The molecule has 0 unspecified atom stereocenters. The van der Waals surface area contributed by atoms with Gasteiger partial charge in [0.15, 0.2) is 5.69 Å². The fourth-order valence-electron chi connectivity index (χ4n) is 2.83. The van der Waals surface area contributed by atoms with Crippen molar-refractivity contribution in [3.05, 3.63) is 11.9 Å². The number of amides is 1. The number of nitrogens with zero attached hydrogens (tertiary/aromatic N) is 3. The van der Waals surface area contributed by atoms with Crippen molar-refractivity contribution in [3.63, 3.8) is 0 Å². The molecular weight excluding hydrogens is 258 g/mol. The second kappa shape index (κ2) is 6.32. The van der Waals surface area contributed by atoms with Gasteiger partial charge >= 0.3 is 0 Å². The number of aromatic nitrogens is 3. The lowest BCUT2D eigenvalue weighted by Gasteiger charge is -2.22. The van der Waals surface area contributed by atoms with Crippen LogP contribution in [0.25, 0.3) is 0 Å². The van der Waals surface area contributed by atoms with Gasteiger partial charge in [-0.15, -0.1) is 5.10 Å². The number of carbonyl (C=O) groups is 1. The molecule has 7 heteroatoms. The van der Waals surface area contributed by atoms with E-state index in [1.165, 1.54) is 12.8 Å². The van der Waals surface area contributed by atoms with E-state index in [1.807, 2.05) is 0 Å². The van der Waals surface area contributed by atoms with Crippen LogP contribution in [0.15, 0.2) is 6.20 Å². The van der Waals surface area contributed by atoms with E-state index in [4.69, 9.17) is 4.84 Å². The topological polar surface area (TPSA) is 81.1 Å². The van der Waals surface area contributed by atoms with Gasteiger partial charge in [-0.25, -0.2) is 10.2 Å². The van der Waals surface area contributed by atoms with E-state index in [2.05, 4.69) is 21.1 Å². The first-order chi connectivity index (χ1) is 9.83. The minimum Gasteiger partial charge on any atom is -0.317 e. The van der Waals surface area contributed by atoms with Gasteiger partial charge in [0.25, 0.3) is 5.91 Å². The highest BCUT2D eigenvalue weighted by Crippen LogP contribution is 2.20. The first-order valence-corrected chi connectivity index (χ1v) is 7.41. The van der Waals surface area contributed by atoms with Crippen LogP contribution in [-0.2, 0) is 4.84 Å². The minimum atomic E-state index is -0.308. The molecule has 2 heterocycles. The number of nitrogens with one attached hydrogen (secondary N) is 2. The summed E-state index contributed by atoms with van der Waals surface area (Å²) in [5.74, 6) is -0.308.